The summed E-state index contributed by atoms with van der Waals surface area (Å²) in [6, 6.07) is 8.23. The summed E-state index contributed by atoms with van der Waals surface area (Å²) >= 11 is 1.53. The van der Waals surface area contributed by atoms with Gasteiger partial charge in [-0.25, -0.2) is 9.48 Å². The molecule has 0 unspecified atom stereocenters. The van der Waals surface area contributed by atoms with Crippen molar-refractivity contribution in [2.75, 3.05) is 0 Å². The molecule has 7 nitrogen and oxygen atoms in total. The molecule has 0 aliphatic carbocycles. The lowest BCUT2D eigenvalue weighted by Crippen LogP contribution is -2.24. The molecule has 0 saturated carbocycles. The molecule has 0 N–H and O–H groups in total. The van der Waals surface area contributed by atoms with Crippen LogP contribution in [0.1, 0.15) is 29.5 Å². The lowest BCUT2D eigenvalue weighted by molar-refractivity contribution is 0.0454. The molecule has 0 radical (unpaired) electrons. The van der Waals surface area contributed by atoms with Gasteiger partial charge in [0.15, 0.2) is 11.5 Å². The molecule has 124 valence electrons. The van der Waals surface area contributed by atoms with Crippen molar-refractivity contribution >= 4 is 17.3 Å². The summed E-state index contributed by atoms with van der Waals surface area (Å²) in [6.45, 7) is 2.35. The predicted molar refractivity (Wildman–Crippen MR) is 87.7 cm³/mol. The molecule has 0 spiro atoms. The van der Waals surface area contributed by atoms with Gasteiger partial charge in [0, 0.05) is 18.7 Å². The quantitative estimate of drug-likeness (QED) is 0.638. The second-order valence-electron chi connectivity index (χ2n) is 5.02. The number of aromatic nitrogens is 3. The van der Waals surface area contributed by atoms with Crippen LogP contribution in [0.5, 0.6) is 0 Å². The standard InChI is InChI=1S/C16H15N3O4S/c1-2-7-19-15(20)6-5-12(17-19)16(21)22-10-11-9-13(23-18-11)14-4-3-8-24-14/h3-6,8-9H,2,7,10H2,1H3. The molecule has 24 heavy (non-hydrogen) atoms. The number of thiophene rings is 1. The third kappa shape index (κ3) is 3.60. The summed E-state index contributed by atoms with van der Waals surface area (Å²) in [5.41, 5.74) is 0.351. The van der Waals surface area contributed by atoms with Crippen LogP contribution in [-0.2, 0) is 17.9 Å². The number of esters is 1. The average Bonchev–Trinajstić information content (AvgIpc) is 3.26. The van der Waals surface area contributed by atoms with Crippen LogP contribution in [-0.4, -0.2) is 20.9 Å². The van der Waals surface area contributed by atoms with Gasteiger partial charge in [-0.15, -0.1) is 11.3 Å². The molecule has 3 aromatic heterocycles. The van der Waals surface area contributed by atoms with Crippen LogP contribution < -0.4 is 5.56 Å². The molecule has 0 aliphatic heterocycles. The molecule has 0 atom stereocenters. The molecule has 0 fully saturated rings. The third-order valence-electron chi connectivity index (χ3n) is 3.19. The summed E-state index contributed by atoms with van der Waals surface area (Å²) in [5.74, 6) is 0.0196. The predicted octanol–water partition coefficient (Wildman–Crippen LogP) is 2.73. The number of ether oxygens (including phenoxy) is 1. The van der Waals surface area contributed by atoms with Crippen LogP contribution in [0.2, 0.25) is 0 Å². The van der Waals surface area contributed by atoms with Crippen molar-refractivity contribution in [3.05, 3.63) is 57.5 Å². The Labute approximate surface area is 141 Å². The van der Waals surface area contributed by atoms with E-state index in [1.54, 1.807) is 6.07 Å². The van der Waals surface area contributed by atoms with Crippen molar-refractivity contribution in [3.8, 4) is 10.6 Å². The monoisotopic (exact) mass is 345 g/mol. The Kier molecular flexibility index (Phi) is 4.85. The van der Waals surface area contributed by atoms with Gasteiger partial charge in [0.05, 0.1) is 4.88 Å². The number of aryl methyl sites for hydroxylation is 1. The van der Waals surface area contributed by atoms with Crippen molar-refractivity contribution < 1.29 is 14.1 Å². The number of carbonyl (C=O) groups excluding carboxylic acids is 1. The highest BCUT2D eigenvalue weighted by Gasteiger charge is 2.13. The summed E-state index contributed by atoms with van der Waals surface area (Å²) < 4.78 is 11.7. The van der Waals surface area contributed by atoms with Crippen molar-refractivity contribution in [1.29, 1.82) is 0 Å². The van der Waals surface area contributed by atoms with Gasteiger partial charge < -0.3 is 9.26 Å². The van der Waals surface area contributed by atoms with Gasteiger partial charge in [0.25, 0.3) is 5.56 Å². The van der Waals surface area contributed by atoms with Crippen molar-refractivity contribution in [2.45, 2.75) is 26.5 Å². The summed E-state index contributed by atoms with van der Waals surface area (Å²) in [6.07, 6.45) is 0.746. The van der Waals surface area contributed by atoms with E-state index in [9.17, 15) is 9.59 Å². The van der Waals surface area contributed by atoms with Crippen LogP contribution in [0.4, 0.5) is 0 Å². The fourth-order valence-electron chi connectivity index (χ4n) is 2.06. The first-order valence-electron chi connectivity index (χ1n) is 7.42. The molecule has 0 aromatic carbocycles. The Morgan fingerprint density at radius 1 is 1.38 bits per heavy atom. The maximum atomic E-state index is 12.1. The highest BCUT2D eigenvalue weighted by atomic mass is 32.1. The first kappa shape index (κ1) is 16.1. The van der Waals surface area contributed by atoms with E-state index in [-0.39, 0.29) is 17.9 Å². The molecule has 0 bridgehead atoms. The van der Waals surface area contributed by atoms with Crippen molar-refractivity contribution in [1.82, 2.24) is 14.9 Å². The lowest BCUT2D eigenvalue weighted by atomic mass is 10.3. The first-order valence-corrected chi connectivity index (χ1v) is 8.30. The van der Waals surface area contributed by atoms with E-state index in [0.717, 1.165) is 11.3 Å². The van der Waals surface area contributed by atoms with Crippen molar-refractivity contribution in [2.24, 2.45) is 0 Å². The highest BCUT2D eigenvalue weighted by molar-refractivity contribution is 7.13. The zero-order valence-corrected chi connectivity index (χ0v) is 13.8. The maximum absolute atomic E-state index is 12.1. The van der Waals surface area contributed by atoms with Gasteiger partial charge in [-0.3, -0.25) is 4.79 Å². The van der Waals surface area contributed by atoms with E-state index in [0.29, 0.717) is 18.0 Å². The average molecular weight is 345 g/mol. The Bertz CT molecular complexity index is 883. The molecule has 3 rings (SSSR count). The van der Waals surface area contributed by atoms with E-state index in [4.69, 9.17) is 9.26 Å². The van der Waals surface area contributed by atoms with E-state index >= 15 is 0 Å². The fraction of sp³-hybridized carbons (Fsp3) is 0.250. The summed E-state index contributed by atoms with van der Waals surface area (Å²) in [4.78, 5) is 24.6. The highest BCUT2D eigenvalue weighted by Crippen LogP contribution is 2.25. The van der Waals surface area contributed by atoms with Gasteiger partial charge in [-0.1, -0.05) is 18.1 Å². The van der Waals surface area contributed by atoms with E-state index in [2.05, 4.69) is 10.3 Å². The molecule has 3 aromatic rings. The topological polar surface area (TPSA) is 87.2 Å². The number of nitrogens with zero attached hydrogens (tertiary/aromatic N) is 3. The Morgan fingerprint density at radius 2 is 2.25 bits per heavy atom. The molecular formula is C16H15N3O4S. The number of carbonyl (C=O) groups is 1. The summed E-state index contributed by atoms with van der Waals surface area (Å²) in [7, 11) is 0. The smallest absolute Gasteiger partial charge is 0.359 e. The normalized spacial score (nSPS) is 10.7. The minimum Gasteiger partial charge on any atom is -0.454 e. The molecule has 0 aliphatic rings. The largest absolute Gasteiger partial charge is 0.454 e. The minimum absolute atomic E-state index is 0.0255. The number of hydrogen-bond donors (Lipinski definition) is 0. The Morgan fingerprint density at radius 3 is 3.00 bits per heavy atom. The van der Waals surface area contributed by atoms with E-state index in [1.165, 1.54) is 28.2 Å². The lowest BCUT2D eigenvalue weighted by Gasteiger charge is -2.05. The summed E-state index contributed by atoms with van der Waals surface area (Å²) in [5, 5.41) is 9.82. The van der Waals surface area contributed by atoms with Gasteiger partial charge in [-0.05, 0) is 23.9 Å². The van der Waals surface area contributed by atoms with Crippen molar-refractivity contribution in [3.63, 3.8) is 0 Å². The zero-order valence-electron chi connectivity index (χ0n) is 13.0. The van der Waals surface area contributed by atoms with Crippen LogP contribution in [0.3, 0.4) is 0 Å². The number of hydrogen-bond acceptors (Lipinski definition) is 7. The van der Waals surface area contributed by atoms with Gasteiger partial charge >= 0.3 is 5.97 Å². The van der Waals surface area contributed by atoms with E-state index < -0.39 is 5.97 Å². The number of rotatable bonds is 6. The molecule has 3 heterocycles. The third-order valence-corrected chi connectivity index (χ3v) is 4.07. The SMILES string of the molecule is CCCn1nc(C(=O)OCc2cc(-c3cccs3)on2)ccc1=O. The second kappa shape index (κ2) is 7.22. The molecule has 0 saturated heterocycles. The Balaban J connectivity index is 1.65. The van der Waals surface area contributed by atoms with Gasteiger partial charge in [0.1, 0.15) is 12.3 Å². The van der Waals surface area contributed by atoms with Gasteiger partial charge in [0.2, 0.25) is 0 Å². The van der Waals surface area contributed by atoms with E-state index in [1.807, 2.05) is 24.4 Å². The minimum atomic E-state index is -0.611. The van der Waals surface area contributed by atoms with Crippen LogP contribution in [0.15, 0.2) is 45.0 Å². The molecular weight excluding hydrogens is 330 g/mol. The second-order valence-corrected chi connectivity index (χ2v) is 5.96. The van der Waals surface area contributed by atoms with Crippen LogP contribution in [0, 0.1) is 0 Å². The first-order chi connectivity index (χ1) is 11.7. The molecule has 0 amide bonds. The fourth-order valence-corrected chi connectivity index (χ4v) is 2.73. The zero-order chi connectivity index (χ0) is 16.9. The molecule has 8 heteroatoms. The van der Waals surface area contributed by atoms with Gasteiger partial charge in [-0.2, -0.15) is 5.10 Å². The van der Waals surface area contributed by atoms with Crippen LogP contribution in [0.25, 0.3) is 10.6 Å². The maximum Gasteiger partial charge on any atom is 0.359 e. The Hall–Kier alpha value is -2.74. The van der Waals surface area contributed by atoms with Crippen LogP contribution >= 0.6 is 11.3 Å².